The first-order valence-corrected chi connectivity index (χ1v) is 6.80. The van der Waals surface area contributed by atoms with E-state index in [1.54, 1.807) is 30.3 Å². The topological polar surface area (TPSA) is 87.4 Å². The van der Waals surface area contributed by atoms with Gasteiger partial charge in [0.1, 0.15) is 5.75 Å². The molecule has 0 heterocycles. The number of nitrogen functional groups attached to an aromatic ring is 1. The van der Waals surface area contributed by atoms with Crippen molar-refractivity contribution in [3.05, 3.63) is 58.6 Å². The Labute approximate surface area is 127 Å². The Morgan fingerprint density at radius 2 is 1.90 bits per heavy atom. The number of hydrogen-bond acceptors (Lipinski definition) is 4. The maximum absolute atomic E-state index is 12.1. The molecule has 0 fully saturated rings. The molecule has 0 atom stereocenters. The predicted octanol–water partition coefficient (Wildman–Crippen LogP) is 2.30. The van der Waals surface area contributed by atoms with E-state index in [0.29, 0.717) is 29.2 Å². The second-order valence-corrected chi connectivity index (χ2v) is 4.94. The number of anilines is 1. The lowest BCUT2D eigenvalue weighted by atomic mass is 10.1. The van der Waals surface area contributed by atoms with E-state index >= 15 is 0 Å². The van der Waals surface area contributed by atoms with Crippen molar-refractivity contribution in [3.63, 3.8) is 0 Å². The lowest BCUT2D eigenvalue weighted by molar-refractivity contribution is 0.0955. The number of benzene rings is 2. The highest BCUT2D eigenvalue weighted by atomic mass is 35.5. The number of halogens is 1. The molecule has 0 unspecified atom stereocenters. The molecule has 0 saturated carbocycles. The van der Waals surface area contributed by atoms with E-state index in [0.717, 1.165) is 5.56 Å². The summed E-state index contributed by atoms with van der Waals surface area (Å²) in [5.41, 5.74) is 4.41. The van der Waals surface area contributed by atoms with Gasteiger partial charge in [0.2, 0.25) is 0 Å². The second kappa shape index (κ2) is 6.97. The van der Waals surface area contributed by atoms with Crippen LogP contribution < -0.4 is 16.6 Å². The van der Waals surface area contributed by atoms with Crippen molar-refractivity contribution in [1.82, 2.24) is 5.32 Å². The number of rotatable bonds is 5. The third kappa shape index (κ3) is 4.11. The Morgan fingerprint density at radius 3 is 2.57 bits per heavy atom. The van der Waals surface area contributed by atoms with Gasteiger partial charge in [-0.15, -0.1) is 0 Å². The minimum Gasteiger partial charge on any atom is -0.508 e. The maximum Gasteiger partial charge on any atom is 0.253 e. The first-order chi connectivity index (χ1) is 10.1. The first kappa shape index (κ1) is 15.2. The van der Waals surface area contributed by atoms with E-state index in [1.165, 1.54) is 0 Å². The molecule has 0 radical (unpaired) electrons. The van der Waals surface area contributed by atoms with Crippen LogP contribution in [0, 0.1) is 0 Å². The fourth-order valence-electron chi connectivity index (χ4n) is 1.91. The van der Waals surface area contributed by atoms with Crippen LogP contribution in [-0.4, -0.2) is 17.6 Å². The molecule has 0 aliphatic carbocycles. The lowest BCUT2D eigenvalue weighted by Gasteiger charge is -2.10. The van der Waals surface area contributed by atoms with Gasteiger partial charge in [0, 0.05) is 11.6 Å². The molecule has 0 bridgehead atoms. The molecular formula is C15H16ClN3O2. The van der Waals surface area contributed by atoms with Crippen molar-refractivity contribution < 1.29 is 9.90 Å². The summed E-state index contributed by atoms with van der Waals surface area (Å²) in [7, 11) is 0. The van der Waals surface area contributed by atoms with Gasteiger partial charge in [-0.05, 0) is 42.3 Å². The van der Waals surface area contributed by atoms with Crippen LogP contribution in [0.25, 0.3) is 0 Å². The Balaban J connectivity index is 1.95. The SMILES string of the molecule is NNc1ccc(Cl)cc1C(=O)NCCc1ccc(O)cc1. The van der Waals surface area contributed by atoms with E-state index < -0.39 is 0 Å². The molecule has 0 aromatic heterocycles. The van der Waals surface area contributed by atoms with Crippen LogP contribution in [0.3, 0.4) is 0 Å². The Kier molecular flexibility index (Phi) is 5.03. The van der Waals surface area contributed by atoms with Gasteiger partial charge in [0.05, 0.1) is 11.3 Å². The quantitative estimate of drug-likeness (QED) is 0.504. The molecule has 2 rings (SSSR count). The van der Waals surface area contributed by atoms with Crippen molar-refractivity contribution in [1.29, 1.82) is 0 Å². The second-order valence-electron chi connectivity index (χ2n) is 4.51. The number of phenols is 1. The van der Waals surface area contributed by atoms with E-state index in [1.807, 2.05) is 12.1 Å². The molecule has 2 aromatic carbocycles. The predicted molar refractivity (Wildman–Crippen MR) is 83.4 cm³/mol. The highest BCUT2D eigenvalue weighted by molar-refractivity contribution is 6.31. The van der Waals surface area contributed by atoms with Gasteiger partial charge in [-0.2, -0.15) is 0 Å². The summed E-state index contributed by atoms with van der Waals surface area (Å²) in [6.07, 6.45) is 0.665. The third-order valence-electron chi connectivity index (χ3n) is 3.02. The third-order valence-corrected chi connectivity index (χ3v) is 3.25. The lowest BCUT2D eigenvalue weighted by Crippen LogP contribution is -2.27. The van der Waals surface area contributed by atoms with Crippen molar-refractivity contribution in [3.8, 4) is 5.75 Å². The fraction of sp³-hybridized carbons (Fsp3) is 0.133. The van der Waals surface area contributed by atoms with Crippen LogP contribution in [0.4, 0.5) is 5.69 Å². The minimum atomic E-state index is -0.246. The van der Waals surface area contributed by atoms with Gasteiger partial charge >= 0.3 is 0 Å². The number of hydrogen-bond donors (Lipinski definition) is 4. The first-order valence-electron chi connectivity index (χ1n) is 6.42. The van der Waals surface area contributed by atoms with E-state index in [-0.39, 0.29) is 11.7 Å². The van der Waals surface area contributed by atoms with Gasteiger partial charge in [-0.1, -0.05) is 23.7 Å². The average Bonchev–Trinajstić information content (AvgIpc) is 2.49. The Bertz CT molecular complexity index is 629. The zero-order chi connectivity index (χ0) is 15.2. The molecule has 5 N–H and O–H groups in total. The van der Waals surface area contributed by atoms with Crippen LogP contribution in [0.15, 0.2) is 42.5 Å². The average molecular weight is 306 g/mol. The summed E-state index contributed by atoms with van der Waals surface area (Å²) in [4.78, 5) is 12.1. The maximum atomic E-state index is 12.1. The highest BCUT2D eigenvalue weighted by Gasteiger charge is 2.11. The van der Waals surface area contributed by atoms with Crippen LogP contribution >= 0.6 is 11.6 Å². The van der Waals surface area contributed by atoms with Crippen molar-refractivity contribution in [2.75, 3.05) is 12.0 Å². The molecule has 110 valence electrons. The number of nitrogens with two attached hydrogens (primary N) is 1. The number of phenolic OH excluding ortho intramolecular Hbond substituents is 1. The van der Waals surface area contributed by atoms with E-state index in [4.69, 9.17) is 17.4 Å². The van der Waals surface area contributed by atoms with E-state index in [9.17, 15) is 9.90 Å². The fourth-order valence-corrected chi connectivity index (χ4v) is 2.08. The summed E-state index contributed by atoms with van der Waals surface area (Å²) in [5.74, 6) is 5.35. The number of carbonyl (C=O) groups excluding carboxylic acids is 1. The van der Waals surface area contributed by atoms with Crippen LogP contribution in [0.5, 0.6) is 5.75 Å². The standard InChI is InChI=1S/C15H16ClN3O2/c16-11-3-6-14(19-17)13(9-11)15(21)18-8-7-10-1-4-12(20)5-2-10/h1-6,9,19-20H,7-8,17H2,(H,18,21). The highest BCUT2D eigenvalue weighted by Crippen LogP contribution is 2.19. The molecule has 2 aromatic rings. The zero-order valence-electron chi connectivity index (χ0n) is 11.3. The molecule has 0 saturated heterocycles. The van der Waals surface area contributed by atoms with Gasteiger partial charge in [-0.3, -0.25) is 10.6 Å². The van der Waals surface area contributed by atoms with Gasteiger partial charge in [0.25, 0.3) is 5.91 Å². The number of aromatic hydroxyl groups is 1. The Morgan fingerprint density at radius 1 is 1.19 bits per heavy atom. The molecule has 21 heavy (non-hydrogen) atoms. The Hall–Kier alpha value is -2.24. The molecule has 1 amide bonds. The van der Waals surface area contributed by atoms with Crippen LogP contribution in [0.1, 0.15) is 15.9 Å². The largest absolute Gasteiger partial charge is 0.508 e. The summed E-state index contributed by atoms with van der Waals surface area (Å²) in [5, 5.41) is 12.5. The summed E-state index contributed by atoms with van der Waals surface area (Å²) < 4.78 is 0. The minimum absolute atomic E-state index is 0.223. The number of nitrogens with one attached hydrogen (secondary N) is 2. The number of amides is 1. The van der Waals surface area contributed by atoms with Gasteiger partial charge in [-0.25, -0.2) is 0 Å². The molecule has 0 spiro atoms. The number of carbonyl (C=O) groups is 1. The molecule has 0 aliphatic rings. The summed E-state index contributed by atoms with van der Waals surface area (Å²) >= 11 is 5.89. The normalized spacial score (nSPS) is 10.2. The van der Waals surface area contributed by atoms with E-state index in [2.05, 4.69) is 10.7 Å². The van der Waals surface area contributed by atoms with Crippen LogP contribution in [-0.2, 0) is 6.42 Å². The van der Waals surface area contributed by atoms with Crippen LogP contribution in [0.2, 0.25) is 5.02 Å². The van der Waals surface area contributed by atoms with Crippen molar-refractivity contribution in [2.45, 2.75) is 6.42 Å². The monoisotopic (exact) mass is 305 g/mol. The molecule has 6 heteroatoms. The zero-order valence-corrected chi connectivity index (χ0v) is 12.0. The molecule has 5 nitrogen and oxygen atoms in total. The van der Waals surface area contributed by atoms with Gasteiger partial charge < -0.3 is 15.8 Å². The van der Waals surface area contributed by atoms with Crippen molar-refractivity contribution in [2.24, 2.45) is 5.84 Å². The summed E-state index contributed by atoms with van der Waals surface area (Å²) in [6, 6.07) is 11.7. The van der Waals surface area contributed by atoms with Crippen molar-refractivity contribution >= 4 is 23.2 Å². The smallest absolute Gasteiger partial charge is 0.253 e. The molecule has 0 aliphatic heterocycles. The van der Waals surface area contributed by atoms with Gasteiger partial charge in [0.15, 0.2) is 0 Å². The number of hydrazine groups is 1. The molecular weight excluding hydrogens is 290 g/mol. The summed E-state index contributed by atoms with van der Waals surface area (Å²) in [6.45, 7) is 0.472.